The lowest BCUT2D eigenvalue weighted by atomic mass is 9.86. The fraction of sp³-hybridized carbons (Fsp3) is 0.150. The Morgan fingerprint density at radius 3 is 2.74 bits per heavy atom. The summed E-state index contributed by atoms with van der Waals surface area (Å²) in [5.74, 6) is 0.120. The number of nitrogens with zero attached hydrogens (tertiary/aromatic N) is 3. The van der Waals surface area contributed by atoms with Gasteiger partial charge in [0.15, 0.2) is 0 Å². The molecule has 2 aromatic carbocycles. The zero-order chi connectivity index (χ0) is 18.5. The molecule has 0 saturated heterocycles. The molecule has 27 heavy (non-hydrogen) atoms. The average molecular weight is 378 g/mol. The molecule has 0 aliphatic carbocycles. The van der Waals surface area contributed by atoms with Crippen molar-refractivity contribution in [3.8, 4) is 5.13 Å². The van der Waals surface area contributed by atoms with Crippen molar-refractivity contribution in [3.63, 3.8) is 0 Å². The Labute approximate surface area is 158 Å². The van der Waals surface area contributed by atoms with E-state index in [9.17, 15) is 9.18 Å². The summed E-state index contributed by atoms with van der Waals surface area (Å²) in [6.45, 7) is 1.93. The van der Waals surface area contributed by atoms with E-state index >= 15 is 0 Å². The molecule has 1 aliphatic rings. The van der Waals surface area contributed by atoms with Crippen LogP contribution in [0.1, 0.15) is 29.2 Å². The molecule has 134 valence electrons. The Kier molecular flexibility index (Phi) is 3.58. The highest BCUT2D eigenvalue weighted by Crippen LogP contribution is 2.41. The van der Waals surface area contributed by atoms with Gasteiger partial charge in [0, 0.05) is 17.9 Å². The van der Waals surface area contributed by atoms with Crippen molar-refractivity contribution in [2.24, 2.45) is 0 Å². The second-order valence-corrected chi connectivity index (χ2v) is 7.59. The normalized spacial score (nSPS) is 16.4. The number of hydrogen-bond acceptors (Lipinski definition) is 4. The van der Waals surface area contributed by atoms with Crippen molar-refractivity contribution in [2.45, 2.75) is 19.3 Å². The van der Waals surface area contributed by atoms with E-state index in [2.05, 4.69) is 15.4 Å². The Morgan fingerprint density at radius 1 is 1.19 bits per heavy atom. The van der Waals surface area contributed by atoms with E-state index in [0.29, 0.717) is 17.4 Å². The summed E-state index contributed by atoms with van der Waals surface area (Å²) in [5.41, 5.74) is 3.59. The van der Waals surface area contributed by atoms with Gasteiger partial charge in [-0.1, -0.05) is 35.6 Å². The molecule has 1 aliphatic heterocycles. The molecular weight excluding hydrogens is 363 g/mol. The first-order chi connectivity index (χ1) is 13.1. The lowest BCUT2D eigenvalue weighted by Gasteiger charge is -2.24. The van der Waals surface area contributed by atoms with Crippen LogP contribution in [0.5, 0.6) is 0 Å². The molecule has 0 saturated carbocycles. The smallest absolute Gasteiger partial charge is 0.226 e. The predicted octanol–water partition coefficient (Wildman–Crippen LogP) is 4.40. The van der Waals surface area contributed by atoms with E-state index in [1.54, 1.807) is 16.8 Å². The fourth-order valence-electron chi connectivity index (χ4n) is 3.62. The van der Waals surface area contributed by atoms with Gasteiger partial charge in [-0.3, -0.25) is 4.79 Å². The number of para-hydroxylation sites is 1. The van der Waals surface area contributed by atoms with Crippen molar-refractivity contribution >= 4 is 33.3 Å². The van der Waals surface area contributed by atoms with Crippen LogP contribution < -0.4 is 5.32 Å². The number of benzene rings is 2. The molecule has 5 nitrogen and oxygen atoms in total. The lowest BCUT2D eigenvalue weighted by Crippen LogP contribution is -2.24. The zero-order valence-corrected chi connectivity index (χ0v) is 15.3. The van der Waals surface area contributed by atoms with Crippen LogP contribution in [0.4, 0.5) is 10.2 Å². The molecule has 0 bridgehead atoms. The number of carbonyl (C=O) groups is 1. The minimum Gasteiger partial charge on any atom is -0.310 e. The van der Waals surface area contributed by atoms with E-state index in [4.69, 9.17) is 0 Å². The molecule has 0 fully saturated rings. The van der Waals surface area contributed by atoms with E-state index in [-0.39, 0.29) is 17.6 Å². The van der Waals surface area contributed by atoms with Crippen LogP contribution in [-0.2, 0) is 4.79 Å². The summed E-state index contributed by atoms with van der Waals surface area (Å²) < 4.78 is 16.1. The Balaban J connectivity index is 1.67. The van der Waals surface area contributed by atoms with Gasteiger partial charge in [0.25, 0.3) is 0 Å². The van der Waals surface area contributed by atoms with E-state index in [0.717, 1.165) is 27.0 Å². The van der Waals surface area contributed by atoms with Gasteiger partial charge in [-0.2, -0.15) is 9.78 Å². The highest BCUT2D eigenvalue weighted by molar-refractivity contribution is 7.20. The lowest BCUT2D eigenvalue weighted by molar-refractivity contribution is -0.116. The molecule has 2 aromatic heterocycles. The maximum absolute atomic E-state index is 13.3. The zero-order valence-electron chi connectivity index (χ0n) is 14.4. The van der Waals surface area contributed by atoms with Crippen molar-refractivity contribution in [3.05, 3.63) is 71.2 Å². The third kappa shape index (κ3) is 2.62. The Hall–Kier alpha value is -3.06. The monoisotopic (exact) mass is 378 g/mol. The second-order valence-electron chi connectivity index (χ2n) is 6.58. The third-order valence-electron chi connectivity index (χ3n) is 4.84. The van der Waals surface area contributed by atoms with Gasteiger partial charge in [-0.15, -0.1) is 0 Å². The van der Waals surface area contributed by atoms with E-state index < -0.39 is 0 Å². The van der Waals surface area contributed by atoms with Gasteiger partial charge < -0.3 is 5.32 Å². The molecule has 1 N–H and O–H groups in total. The first-order valence-electron chi connectivity index (χ1n) is 8.61. The number of halogens is 1. The van der Waals surface area contributed by atoms with Crippen LogP contribution in [0.25, 0.3) is 15.3 Å². The quantitative estimate of drug-likeness (QED) is 0.562. The number of aryl methyl sites for hydroxylation is 1. The summed E-state index contributed by atoms with van der Waals surface area (Å²) in [6.07, 6.45) is 0.311. The molecular formula is C20H15FN4OS. The van der Waals surface area contributed by atoms with Crippen LogP contribution in [0.15, 0.2) is 48.5 Å². The summed E-state index contributed by atoms with van der Waals surface area (Å²) in [5, 5.41) is 8.33. The third-order valence-corrected chi connectivity index (χ3v) is 5.85. The van der Waals surface area contributed by atoms with Crippen LogP contribution in [0.3, 0.4) is 0 Å². The van der Waals surface area contributed by atoms with Gasteiger partial charge in [0.05, 0.1) is 15.9 Å². The predicted molar refractivity (Wildman–Crippen MR) is 103 cm³/mol. The van der Waals surface area contributed by atoms with Gasteiger partial charge in [0.2, 0.25) is 11.0 Å². The summed E-state index contributed by atoms with van der Waals surface area (Å²) in [6, 6.07) is 14.2. The van der Waals surface area contributed by atoms with Crippen LogP contribution in [-0.4, -0.2) is 20.7 Å². The largest absolute Gasteiger partial charge is 0.310 e. The van der Waals surface area contributed by atoms with Gasteiger partial charge >= 0.3 is 0 Å². The number of anilines is 1. The first kappa shape index (κ1) is 16.1. The number of rotatable bonds is 2. The van der Waals surface area contributed by atoms with E-state index in [1.165, 1.54) is 23.5 Å². The van der Waals surface area contributed by atoms with Crippen molar-refractivity contribution in [2.75, 3.05) is 5.32 Å². The number of nitrogens with one attached hydrogen (secondary N) is 1. The Bertz CT molecular complexity index is 1150. The molecule has 4 aromatic rings. The van der Waals surface area contributed by atoms with Crippen LogP contribution in [0.2, 0.25) is 0 Å². The van der Waals surface area contributed by atoms with Gasteiger partial charge in [-0.05, 0) is 36.8 Å². The SMILES string of the molecule is Cc1nn(-c2nc3ccccc3s2)c2c1[C@@H](c1ccc(F)cc1)CC(=O)N2. The number of fused-ring (bicyclic) bond motifs is 2. The fourth-order valence-corrected chi connectivity index (χ4v) is 4.54. The molecule has 0 spiro atoms. The first-order valence-corrected chi connectivity index (χ1v) is 9.42. The molecule has 5 rings (SSSR count). The summed E-state index contributed by atoms with van der Waals surface area (Å²) in [4.78, 5) is 17.1. The number of amides is 1. The number of aromatic nitrogens is 3. The van der Waals surface area contributed by atoms with Crippen LogP contribution in [0, 0.1) is 12.7 Å². The highest BCUT2D eigenvalue weighted by Gasteiger charge is 2.33. The van der Waals surface area contributed by atoms with Crippen molar-refractivity contribution in [1.29, 1.82) is 0 Å². The number of carbonyl (C=O) groups excluding carboxylic acids is 1. The number of hydrogen-bond donors (Lipinski definition) is 1. The summed E-state index contributed by atoms with van der Waals surface area (Å²) >= 11 is 1.53. The second kappa shape index (κ2) is 5.99. The highest BCUT2D eigenvalue weighted by atomic mass is 32.1. The van der Waals surface area contributed by atoms with Gasteiger partial charge in [0.1, 0.15) is 11.6 Å². The maximum Gasteiger partial charge on any atom is 0.226 e. The van der Waals surface area contributed by atoms with E-state index in [1.807, 2.05) is 31.2 Å². The molecule has 1 amide bonds. The minimum absolute atomic E-state index is 0.0842. The van der Waals surface area contributed by atoms with Crippen molar-refractivity contribution in [1.82, 2.24) is 14.8 Å². The Morgan fingerprint density at radius 2 is 1.96 bits per heavy atom. The van der Waals surface area contributed by atoms with Crippen molar-refractivity contribution < 1.29 is 9.18 Å². The standard InChI is InChI=1S/C20H15FN4OS/c1-11-18-14(12-6-8-13(21)9-7-12)10-17(26)23-19(18)25(24-11)20-22-15-4-2-3-5-16(15)27-20/h2-9,14H,10H2,1H3,(H,23,26)/t14-/m1/s1. The molecule has 0 radical (unpaired) electrons. The molecule has 1 atom stereocenters. The van der Waals surface area contributed by atoms with Gasteiger partial charge in [-0.25, -0.2) is 9.37 Å². The topological polar surface area (TPSA) is 59.8 Å². The van der Waals surface area contributed by atoms with Crippen LogP contribution >= 0.6 is 11.3 Å². The average Bonchev–Trinajstić information content (AvgIpc) is 3.23. The number of thiazole rings is 1. The summed E-state index contributed by atoms with van der Waals surface area (Å²) in [7, 11) is 0. The molecule has 7 heteroatoms. The molecule has 3 heterocycles. The minimum atomic E-state index is -0.291. The maximum atomic E-state index is 13.3. The molecule has 0 unspecified atom stereocenters.